The molecular formula is C18H19NO. The average molecular weight is 265 g/mol. The van der Waals surface area contributed by atoms with Crippen LogP contribution >= 0.6 is 0 Å². The van der Waals surface area contributed by atoms with Crippen LogP contribution in [0.1, 0.15) is 42.6 Å². The minimum absolute atomic E-state index is 0.0963. The van der Waals surface area contributed by atoms with E-state index in [4.69, 9.17) is 0 Å². The molecular weight excluding hydrogens is 246 g/mol. The van der Waals surface area contributed by atoms with Crippen LogP contribution in [0.5, 0.6) is 0 Å². The summed E-state index contributed by atoms with van der Waals surface area (Å²) in [5.74, 6) is 0.0963. The molecule has 2 nitrogen and oxygen atoms in total. The van der Waals surface area contributed by atoms with E-state index < -0.39 is 0 Å². The first-order valence-electron chi connectivity index (χ1n) is 7.20. The average Bonchev–Trinajstić information content (AvgIpc) is 2.45. The molecule has 1 aromatic rings. The van der Waals surface area contributed by atoms with Crippen molar-refractivity contribution in [2.45, 2.75) is 32.7 Å². The first-order valence-corrected chi connectivity index (χ1v) is 7.20. The maximum Gasteiger partial charge on any atom is 0.259 e. The van der Waals surface area contributed by atoms with Crippen LogP contribution in [0, 0.1) is 0 Å². The second-order valence-electron chi connectivity index (χ2n) is 5.52. The molecule has 20 heavy (non-hydrogen) atoms. The molecule has 0 fully saturated rings. The van der Waals surface area contributed by atoms with Crippen molar-refractivity contribution >= 4 is 12.0 Å². The number of hydrogen-bond acceptors (Lipinski definition) is 1. The molecule has 0 radical (unpaired) electrons. The zero-order valence-corrected chi connectivity index (χ0v) is 12.0. The summed E-state index contributed by atoms with van der Waals surface area (Å²) in [5, 5.41) is 0. The van der Waals surface area contributed by atoms with E-state index in [0.29, 0.717) is 0 Å². The lowest BCUT2D eigenvalue weighted by atomic mass is 9.95. The highest BCUT2D eigenvalue weighted by atomic mass is 16.2. The maximum atomic E-state index is 12.9. The predicted octanol–water partition coefficient (Wildman–Crippen LogP) is 4.17. The van der Waals surface area contributed by atoms with Crippen LogP contribution in [0.4, 0.5) is 0 Å². The fourth-order valence-corrected chi connectivity index (χ4v) is 2.84. The molecule has 0 bridgehead atoms. The summed E-state index contributed by atoms with van der Waals surface area (Å²) in [6, 6.07) is 7.96. The molecule has 102 valence electrons. The van der Waals surface area contributed by atoms with Gasteiger partial charge in [-0.2, -0.15) is 0 Å². The van der Waals surface area contributed by atoms with Gasteiger partial charge in [-0.25, -0.2) is 0 Å². The Hall–Kier alpha value is -2.09. The molecule has 3 rings (SSSR count). The smallest absolute Gasteiger partial charge is 0.259 e. The standard InChI is InChI=1S/C18H19NO/c1-13(2)19-17-10-6-4-8-15(17)12-11-14-7-3-5-9-16(14)18(19)20/h3,5,7-13H,4,6H2,1-2H3/b12-11-. The van der Waals surface area contributed by atoms with Gasteiger partial charge in [0.05, 0.1) is 0 Å². The molecule has 2 heteroatoms. The monoisotopic (exact) mass is 265 g/mol. The van der Waals surface area contributed by atoms with E-state index in [0.717, 1.165) is 35.2 Å². The van der Waals surface area contributed by atoms with Crippen LogP contribution in [0.15, 0.2) is 53.8 Å². The van der Waals surface area contributed by atoms with Crippen LogP contribution in [-0.4, -0.2) is 16.8 Å². The minimum Gasteiger partial charge on any atom is -0.306 e. The number of amides is 1. The van der Waals surface area contributed by atoms with E-state index >= 15 is 0 Å². The first-order chi connectivity index (χ1) is 9.68. The Morgan fingerprint density at radius 1 is 1.05 bits per heavy atom. The van der Waals surface area contributed by atoms with Gasteiger partial charge in [-0.05, 0) is 43.9 Å². The third-order valence-corrected chi connectivity index (χ3v) is 3.79. The fourth-order valence-electron chi connectivity index (χ4n) is 2.84. The van der Waals surface area contributed by atoms with Crippen molar-refractivity contribution in [1.29, 1.82) is 0 Å². The molecule has 0 saturated carbocycles. The number of benzene rings is 1. The number of hydrogen-bond donors (Lipinski definition) is 0. The molecule has 0 atom stereocenters. The summed E-state index contributed by atoms with van der Waals surface area (Å²) in [5.41, 5.74) is 3.99. The molecule has 0 unspecified atom stereocenters. The molecule has 1 heterocycles. The largest absolute Gasteiger partial charge is 0.306 e. The fraction of sp³-hybridized carbons (Fsp3) is 0.278. The van der Waals surface area contributed by atoms with Crippen LogP contribution in [0.3, 0.4) is 0 Å². The number of fused-ring (bicyclic) bond motifs is 2. The summed E-state index contributed by atoms with van der Waals surface area (Å²) >= 11 is 0. The maximum absolute atomic E-state index is 12.9. The zero-order valence-electron chi connectivity index (χ0n) is 12.0. The molecule has 0 N–H and O–H groups in total. The molecule has 1 aliphatic carbocycles. The number of nitrogens with zero attached hydrogens (tertiary/aromatic N) is 1. The Bertz CT molecular complexity index is 635. The quantitative estimate of drug-likeness (QED) is 0.746. The van der Waals surface area contributed by atoms with Crippen molar-refractivity contribution in [3.8, 4) is 0 Å². The highest BCUT2D eigenvalue weighted by molar-refractivity contribution is 6.00. The third kappa shape index (κ3) is 2.11. The van der Waals surface area contributed by atoms with Crippen molar-refractivity contribution in [1.82, 2.24) is 4.90 Å². The van der Waals surface area contributed by atoms with Crippen molar-refractivity contribution in [3.05, 3.63) is 64.9 Å². The van der Waals surface area contributed by atoms with E-state index in [-0.39, 0.29) is 11.9 Å². The van der Waals surface area contributed by atoms with Crippen LogP contribution in [0.2, 0.25) is 0 Å². The van der Waals surface area contributed by atoms with E-state index in [2.05, 4.69) is 38.2 Å². The molecule has 1 amide bonds. The van der Waals surface area contributed by atoms with E-state index in [1.54, 1.807) is 0 Å². The van der Waals surface area contributed by atoms with Crippen LogP contribution < -0.4 is 0 Å². The van der Waals surface area contributed by atoms with Gasteiger partial charge < -0.3 is 4.90 Å². The van der Waals surface area contributed by atoms with E-state index in [1.165, 1.54) is 0 Å². The summed E-state index contributed by atoms with van der Waals surface area (Å²) in [6.45, 7) is 4.14. The minimum atomic E-state index is 0.0963. The van der Waals surface area contributed by atoms with Crippen molar-refractivity contribution in [3.63, 3.8) is 0 Å². The van der Waals surface area contributed by atoms with Crippen molar-refractivity contribution < 1.29 is 4.79 Å². The first kappa shape index (κ1) is 12.9. The molecule has 2 aliphatic rings. The SMILES string of the molecule is CC(C)N1C(=O)c2ccccc2/C=C\C2=CCCC=C21. The Labute approximate surface area is 120 Å². The third-order valence-electron chi connectivity index (χ3n) is 3.79. The second kappa shape index (κ2) is 5.12. The van der Waals surface area contributed by atoms with Crippen molar-refractivity contribution in [2.75, 3.05) is 0 Å². The van der Waals surface area contributed by atoms with Crippen molar-refractivity contribution in [2.24, 2.45) is 0 Å². The van der Waals surface area contributed by atoms with Gasteiger partial charge in [-0.3, -0.25) is 4.79 Å². The summed E-state index contributed by atoms with van der Waals surface area (Å²) in [7, 11) is 0. The lowest BCUT2D eigenvalue weighted by Crippen LogP contribution is -2.38. The summed E-state index contributed by atoms with van der Waals surface area (Å²) < 4.78 is 0. The van der Waals surface area contributed by atoms with Gasteiger partial charge in [-0.15, -0.1) is 0 Å². The van der Waals surface area contributed by atoms with Gasteiger partial charge in [0, 0.05) is 17.3 Å². The predicted molar refractivity (Wildman–Crippen MR) is 82.2 cm³/mol. The van der Waals surface area contributed by atoms with Crippen LogP contribution in [-0.2, 0) is 0 Å². The lowest BCUT2D eigenvalue weighted by Gasteiger charge is -2.33. The summed E-state index contributed by atoms with van der Waals surface area (Å²) in [6.07, 6.45) is 10.6. The Balaban J connectivity index is 2.20. The van der Waals surface area contributed by atoms with Gasteiger partial charge in [-0.1, -0.05) is 42.5 Å². The zero-order chi connectivity index (χ0) is 14.1. The van der Waals surface area contributed by atoms with Gasteiger partial charge in [0.1, 0.15) is 0 Å². The van der Waals surface area contributed by atoms with Gasteiger partial charge in [0.15, 0.2) is 0 Å². The van der Waals surface area contributed by atoms with Gasteiger partial charge in [0.25, 0.3) is 5.91 Å². The number of allylic oxidation sites excluding steroid dienone is 3. The van der Waals surface area contributed by atoms with E-state index in [1.807, 2.05) is 29.2 Å². The molecule has 1 aliphatic heterocycles. The second-order valence-corrected chi connectivity index (χ2v) is 5.52. The highest BCUT2D eigenvalue weighted by Gasteiger charge is 2.27. The molecule has 1 aromatic carbocycles. The van der Waals surface area contributed by atoms with Gasteiger partial charge >= 0.3 is 0 Å². The number of carbonyl (C=O) groups is 1. The molecule has 0 aromatic heterocycles. The van der Waals surface area contributed by atoms with Gasteiger partial charge in [0.2, 0.25) is 0 Å². The Kier molecular flexibility index (Phi) is 3.31. The highest BCUT2D eigenvalue weighted by Crippen LogP contribution is 2.30. The Morgan fingerprint density at radius 2 is 1.80 bits per heavy atom. The lowest BCUT2D eigenvalue weighted by molar-refractivity contribution is 0.0770. The number of carbonyl (C=O) groups excluding carboxylic acids is 1. The van der Waals surface area contributed by atoms with Crippen LogP contribution in [0.25, 0.3) is 6.08 Å². The Morgan fingerprint density at radius 3 is 2.60 bits per heavy atom. The topological polar surface area (TPSA) is 20.3 Å². The van der Waals surface area contributed by atoms with E-state index in [9.17, 15) is 4.79 Å². The normalized spacial score (nSPS) is 19.6. The molecule has 0 spiro atoms. The summed E-state index contributed by atoms with van der Waals surface area (Å²) in [4.78, 5) is 14.8. The number of rotatable bonds is 1. The molecule has 0 saturated heterocycles.